The van der Waals surface area contributed by atoms with Gasteiger partial charge in [-0.2, -0.15) is 12.1 Å². The van der Waals surface area contributed by atoms with Crippen LogP contribution >= 0.6 is 11.8 Å². The number of anilines is 3. The van der Waals surface area contributed by atoms with E-state index in [9.17, 15) is 0 Å². The maximum absolute atomic E-state index is 2.99. The van der Waals surface area contributed by atoms with Gasteiger partial charge >= 0.3 is 26.2 Å². The molecule has 0 saturated carbocycles. The van der Waals surface area contributed by atoms with Gasteiger partial charge in [-0.15, -0.1) is 41.0 Å². The predicted molar refractivity (Wildman–Crippen MR) is 125 cm³/mol. The molecule has 0 atom stereocenters. The van der Waals surface area contributed by atoms with Gasteiger partial charge in [-0.3, -0.25) is 6.08 Å². The Balaban J connectivity index is 0.000000405. The monoisotopic (exact) mass is 551 g/mol. The summed E-state index contributed by atoms with van der Waals surface area (Å²) in [5.74, 6) is 0. The summed E-state index contributed by atoms with van der Waals surface area (Å²) in [4.78, 5) is 5.01. The molecule has 0 aromatic heterocycles. The van der Waals surface area contributed by atoms with Gasteiger partial charge in [-0.1, -0.05) is 49.0 Å². The van der Waals surface area contributed by atoms with Crippen LogP contribution in [0.1, 0.15) is 12.0 Å². The quantitative estimate of drug-likeness (QED) is 0.293. The number of allylic oxidation sites excluding steroid dienone is 4. The smallest absolute Gasteiger partial charge is 1.00 e. The second-order valence-corrected chi connectivity index (χ2v) is 8.27. The van der Waals surface area contributed by atoms with Crippen molar-refractivity contribution in [3.05, 3.63) is 109 Å². The van der Waals surface area contributed by atoms with Crippen molar-refractivity contribution in [2.24, 2.45) is 0 Å². The predicted octanol–water partition coefficient (Wildman–Crippen LogP) is 2.11. The third kappa shape index (κ3) is 5.29. The summed E-state index contributed by atoms with van der Waals surface area (Å²) in [7, 11) is 0. The van der Waals surface area contributed by atoms with Crippen LogP contribution in [0.25, 0.3) is 10.8 Å². The second kappa shape index (κ2) is 12.0. The summed E-state index contributed by atoms with van der Waals surface area (Å²) in [6.07, 6.45) is 10.0. The maximum atomic E-state index is 2.99. The molecule has 0 fully saturated rings. The molecule has 0 saturated heterocycles. The number of nitrogens with zero attached hydrogens (tertiary/aromatic N) is 1. The average molecular weight is 554 g/mol. The fourth-order valence-electron chi connectivity index (χ4n) is 3.87. The first-order valence-electron chi connectivity index (χ1n) is 9.85. The zero-order chi connectivity index (χ0) is 19.6. The summed E-state index contributed by atoms with van der Waals surface area (Å²) in [6, 6.07) is 28.5. The van der Waals surface area contributed by atoms with E-state index in [4.69, 9.17) is 0 Å². The number of rotatable bonds is 1. The molecule has 32 heavy (non-hydrogen) atoms. The van der Waals surface area contributed by atoms with Crippen molar-refractivity contribution >= 4 is 39.6 Å². The molecule has 4 aromatic carbocycles. The summed E-state index contributed by atoms with van der Waals surface area (Å²) in [6.45, 7) is 2.16. The van der Waals surface area contributed by atoms with Crippen molar-refractivity contribution in [3.63, 3.8) is 0 Å². The normalized spacial score (nSPS) is 12.5. The van der Waals surface area contributed by atoms with Crippen molar-refractivity contribution in [2.75, 3.05) is 4.90 Å². The number of para-hydroxylation sites is 2. The fourth-order valence-corrected chi connectivity index (χ4v) is 4.93. The van der Waals surface area contributed by atoms with Crippen molar-refractivity contribution < 1.29 is 51.0 Å². The van der Waals surface area contributed by atoms with Crippen LogP contribution in [-0.4, -0.2) is 0 Å². The minimum atomic E-state index is 0. The average Bonchev–Trinajstić information content (AvgIpc) is 3.44. The molecule has 6 rings (SSSR count). The number of fused-ring (bicyclic) bond motifs is 3. The first-order valence-corrected chi connectivity index (χ1v) is 10.7. The van der Waals surface area contributed by atoms with Crippen molar-refractivity contribution in [1.29, 1.82) is 0 Å². The van der Waals surface area contributed by atoms with Crippen molar-refractivity contribution in [2.45, 2.75) is 23.1 Å². The van der Waals surface area contributed by atoms with E-state index in [0.29, 0.717) is 0 Å². The van der Waals surface area contributed by atoms with E-state index in [1.54, 1.807) is 0 Å². The van der Waals surface area contributed by atoms with Crippen LogP contribution in [0.5, 0.6) is 0 Å². The van der Waals surface area contributed by atoms with Gasteiger partial charge in [-0.25, -0.2) is 12.2 Å². The van der Waals surface area contributed by atoms with Crippen LogP contribution in [0.4, 0.5) is 17.1 Å². The molecular weight excluding hydrogens is 533 g/mol. The maximum Gasteiger partial charge on any atom is 4.00 e. The summed E-state index contributed by atoms with van der Waals surface area (Å²) < 4.78 is 0. The van der Waals surface area contributed by atoms with Crippen LogP contribution in [0.15, 0.2) is 107 Å². The van der Waals surface area contributed by atoms with Gasteiger partial charge in [0.05, 0.1) is 11.4 Å². The van der Waals surface area contributed by atoms with Crippen LogP contribution in [0, 0.1) is 13.0 Å². The van der Waals surface area contributed by atoms with Gasteiger partial charge in [0.1, 0.15) is 0 Å². The Hall–Kier alpha value is -1.64. The Kier molecular flexibility index (Phi) is 9.98. The van der Waals surface area contributed by atoms with Crippen molar-refractivity contribution in [1.82, 2.24) is 0 Å². The zero-order valence-electron chi connectivity index (χ0n) is 17.6. The first kappa shape index (κ1) is 26.6. The molecule has 5 heteroatoms. The molecule has 1 aliphatic carbocycles. The Morgan fingerprint density at radius 1 is 0.844 bits per heavy atom. The molecule has 1 heterocycles. The molecule has 0 N–H and O–H groups in total. The van der Waals surface area contributed by atoms with E-state index in [1.165, 1.54) is 43.2 Å². The van der Waals surface area contributed by atoms with Crippen molar-refractivity contribution in [3.8, 4) is 0 Å². The molecule has 2 aliphatic rings. The van der Waals surface area contributed by atoms with Gasteiger partial charge in [0, 0.05) is 15.5 Å². The zero-order valence-corrected chi connectivity index (χ0v) is 22.3. The molecule has 0 amide bonds. The van der Waals surface area contributed by atoms with Gasteiger partial charge in [-0.05, 0) is 24.3 Å². The SMILES string of the molecule is Cc1cc2c(N3c4ccccc4Sc4ccccc43)cccc2[cH-]1.[C-]1=CC=CC1.[Cl-].[Cl-].[Zr+4]. The molecule has 0 bridgehead atoms. The van der Waals surface area contributed by atoms with Gasteiger partial charge in [0.2, 0.25) is 0 Å². The van der Waals surface area contributed by atoms with Crippen LogP contribution in [-0.2, 0) is 26.2 Å². The number of hydrogen-bond donors (Lipinski definition) is 0. The number of aryl methyl sites for hydroxylation is 1. The standard InChI is InChI=1S/C22H16NS.C5H5.2ClH.Zr/c1-15-13-16-7-6-10-18(17(16)14-15)23-19-8-2-4-11-21(19)24-22-12-5-3-9-20(22)23;1-2-4-5-3-1;;;/h2-14H,1H3;1-3H,4H2;2*1H;/q2*-1;;;+4/p-2. The Bertz CT molecular complexity index is 1190. The third-order valence-corrected chi connectivity index (χ3v) is 6.26. The van der Waals surface area contributed by atoms with Gasteiger partial charge in [0.25, 0.3) is 0 Å². The number of hydrogen-bond acceptors (Lipinski definition) is 2. The summed E-state index contributed by atoms with van der Waals surface area (Å²) >= 11 is 1.85. The Labute approximate surface area is 225 Å². The molecule has 0 spiro atoms. The molecule has 4 aromatic rings. The molecule has 158 valence electrons. The molecule has 0 radical (unpaired) electrons. The molecule has 1 nitrogen and oxygen atoms in total. The van der Waals surface area contributed by atoms with Gasteiger partial charge in [0.15, 0.2) is 0 Å². The van der Waals surface area contributed by atoms with E-state index in [2.05, 4.69) is 103 Å². The van der Waals surface area contributed by atoms with Crippen LogP contribution < -0.4 is 29.7 Å². The third-order valence-electron chi connectivity index (χ3n) is 5.13. The van der Waals surface area contributed by atoms with Crippen LogP contribution in [0.2, 0.25) is 0 Å². The first-order chi connectivity index (χ1) is 14.3. The van der Waals surface area contributed by atoms with Gasteiger partial charge < -0.3 is 29.7 Å². The Morgan fingerprint density at radius 3 is 2.03 bits per heavy atom. The van der Waals surface area contributed by atoms with E-state index < -0.39 is 0 Å². The molecule has 1 aliphatic heterocycles. The minimum absolute atomic E-state index is 0. The molecule has 0 unspecified atom stereocenters. The second-order valence-electron chi connectivity index (χ2n) is 7.19. The van der Waals surface area contributed by atoms with E-state index in [0.717, 1.165) is 6.42 Å². The van der Waals surface area contributed by atoms with Crippen LogP contribution in [0.3, 0.4) is 0 Å². The fraction of sp³-hybridized carbons (Fsp3) is 0.0741. The van der Waals surface area contributed by atoms with E-state index in [-0.39, 0.29) is 51.0 Å². The number of halogens is 2. The summed E-state index contributed by atoms with van der Waals surface area (Å²) in [5.41, 5.74) is 5.08. The number of benzene rings is 3. The van der Waals surface area contributed by atoms with E-state index in [1.807, 2.05) is 23.9 Å². The molecular formula is C27H21Cl2NSZr. The van der Waals surface area contributed by atoms with E-state index >= 15 is 0 Å². The Morgan fingerprint density at radius 2 is 1.47 bits per heavy atom. The topological polar surface area (TPSA) is 3.24 Å². The minimum Gasteiger partial charge on any atom is -1.00 e. The largest absolute Gasteiger partial charge is 4.00 e. The summed E-state index contributed by atoms with van der Waals surface area (Å²) in [5, 5.41) is 2.62.